The summed E-state index contributed by atoms with van der Waals surface area (Å²) in [6.07, 6.45) is 2.49. The van der Waals surface area contributed by atoms with Crippen LogP contribution >= 0.6 is 0 Å². The van der Waals surface area contributed by atoms with Crippen LogP contribution in [0.1, 0.15) is 30.5 Å². The normalized spacial score (nSPS) is 33.4. The summed E-state index contributed by atoms with van der Waals surface area (Å²) < 4.78 is 0. The van der Waals surface area contributed by atoms with Crippen LogP contribution in [0.15, 0.2) is 24.3 Å². The van der Waals surface area contributed by atoms with Gasteiger partial charge in [-0.15, -0.1) is 0 Å². The van der Waals surface area contributed by atoms with Gasteiger partial charge in [-0.05, 0) is 51.0 Å². The van der Waals surface area contributed by atoms with Crippen LogP contribution in [0.4, 0.5) is 0 Å². The lowest BCUT2D eigenvalue weighted by molar-refractivity contribution is 0.162. The predicted molar refractivity (Wildman–Crippen MR) is 88.6 cm³/mol. The van der Waals surface area contributed by atoms with E-state index in [4.69, 9.17) is 0 Å². The fraction of sp³-hybridized carbons (Fsp3) is 0.667. The van der Waals surface area contributed by atoms with E-state index in [2.05, 4.69) is 67.4 Å². The average Bonchev–Trinajstić information content (AvgIpc) is 2.88. The number of benzene rings is 1. The maximum atomic E-state index is 3.59. The molecule has 0 amide bonds. The first-order valence-corrected chi connectivity index (χ1v) is 8.27. The number of likely N-dealkylation sites (tertiary alicyclic amines) is 1. The molecule has 3 nitrogen and oxygen atoms in total. The van der Waals surface area contributed by atoms with Crippen LogP contribution in [-0.2, 0) is 6.42 Å². The van der Waals surface area contributed by atoms with Crippen LogP contribution in [-0.4, -0.2) is 56.1 Å². The number of likely N-dealkylation sites (N-methyl/N-ethyl adjacent to an activating group) is 2. The fourth-order valence-corrected chi connectivity index (χ4v) is 4.41. The Hall–Kier alpha value is -0.900. The van der Waals surface area contributed by atoms with E-state index in [-0.39, 0.29) is 0 Å². The van der Waals surface area contributed by atoms with E-state index >= 15 is 0 Å². The predicted octanol–water partition coefficient (Wildman–Crippen LogP) is 2.14. The Morgan fingerprint density at radius 1 is 1.19 bits per heavy atom. The lowest BCUT2D eigenvalue weighted by atomic mass is 9.83. The SMILES string of the molecule is CNC1c2ccccc2CCC1N1CC(C)C(N(C)C)C1. The van der Waals surface area contributed by atoms with Crippen molar-refractivity contribution in [2.45, 2.75) is 37.9 Å². The lowest BCUT2D eigenvalue weighted by Gasteiger charge is -2.39. The molecule has 1 fully saturated rings. The first kappa shape index (κ1) is 15.0. The zero-order valence-electron chi connectivity index (χ0n) is 13.8. The van der Waals surface area contributed by atoms with Gasteiger partial charge in [-0.1, -0.05) is 31.2 Å². The number of nitrogens with one attached hydrogen (secondary N) is 1. The van der Waals surface area contributed by atoms with E-state index < -0.39 is 0 Å². The van der Waals surface area contributed by atoms with Crippen molar-refractivity contribution in [3.8, 4) is 0 Å². The van der Waals surface area contributed by atoms with Crippen molar-refractivity contribution in [2.24, 2.45) is 5.92 Å². The summed E-state index contributed by atoms with van der Waals surface area (Å²) in [4.78, 5) is 5.13. The van der Waals surface area contributed by atoms with Gasteiger partial charge in [-0.25, -0.2) is 0 Å². The molecule has 0 bridgehead atoms. The second kappa shape index (κ2) is 6.07. The third-order valence-electron chi connectivity index (χ3n) is 5.53. The maximum absolute atomic E-state index is 3.59. The van der Waals surface area contributed by atoms with Crippen LogP contribution < -0.4 is 5.32 Å². The van der Waals surface area contributed by atoms with Gasteiger partial charge in [-0.2, -0.15) is 0 Å². The van der Waals surface area contributed by atoms with Crippen LogP contribution in [0.2, 0.25) is 0 Å². The molecule has 1 aliphatic carbocycles. The van der Waals surface area contributed by atoms with Crippen molar-refractivity contribution in [1.29, 1.82) is 0 Å². The minimum Gasteiger partial charge on any atom is -0.312 e. The molecule has 0 radical (unpaired) electrons. The summed E-state index contributed by atoms with van der Waals surface area (Å²) in [5.41, 5.74) is 3.04. The minimum atomic E-state index is 0.475. The number of hydrogen-bond acceptors (Lipinski definition) is 3. The van der Waals surface area contributed by atoms with E-state index in [1.807, 2.05) is 0 Å². The molecule has 4 unspecified atom stereocenters. The van der Waals surface area contributed by atoms with Crippen molar-refractivity contribution < 1.29 is 0 Å². The molecular formula is C18H29N3. The minimum absolute atomic E-state index is 0.475. The number of aryl methyl sites for hydroxylation is 1. The molecule has 116 valence electrons. The van der Waals surface area contributed by atoms with Gasteiger partial charge in [0.1, 0.15) is 0 Å². The van der Waals surface area contributed by atoms with Gasteiger partial charge in [0, 0.05) is 31.2 Å². The van der Waals surface area contributed by atoms with Gasteiger partial charge in [0.2, 0.25) is 0 Å². The van der Waals surface area contributed by atoms with Crippen molar-refractivity contribution in [3.05, 3.63) is 35.4 Å². The first-order chi connectivity index (χ1) is 10.1. The highest BCUT2D eigenvalue weighted by Gasteiger charge is 2.39. The van der Waals surface area contributed by atoms with Gasteiger partial charge in [0.15, 0.2) is 0 Å². The third-order valence-corrected chi connectivity index (χ3v) is 5.53. The van der Waals surface area contributed by atoms with E-state index in [0.717, 1.165) is 5.92 Å². The van der Waals surface area contributed by atoms with Crippen LogP contribution in [0.3, 0.4) is 0 Å². The van der Waals surface area contributed by atoms with Gasteiger partial charge in [0.25, 0.3) is 0 Å². The van der Waals surface area contributed by atoms with Crippen molar-refractivity contribution >= 4 is 0 Å². The molecule has 0 spiro atoms. The monoisotopic (exact) mass is 287 g/mol. The molecule has 3 rings (SSSR count). The van der Waals surface area contributed by atoms with Crippen molar-refractivity contribution in [3.63, 3.8) is 0 Å². The molecular weight excluding hydrogens is 258 g/mol. The zero-order chi connectivity index (χ0) is 15.0. The number of nitrogens with zero attached hydrogens (tertiary/aromatic N) is 2. The van der Waals surface area contributed by atoms with Crippen LogP contribution in [0.25, 0.3) is 0 Å². The third kappa shape index (κ3) is 2.75. The van der Waals surface area contributed by atoms with Crippen LogP contribution in [0.5, 0.6) is 0 Å². The smallest absolute Gasteiger partial charge is 0.0478 e. The van der Waals surface area contributed by atoms with Crippen LogP contribution in [0, 0.1) is 5.92 Å². The Labute approximate surface area is 129 Å². The average molecular weight is 287 g/mol. The first-order valence-electron chi connectivity index (χ1n) is 8.27. The summed E-state index contributed by atoms with van der Waals surface area (Å²) in [6, 6.07) is 10.8. The van der Waals surface area contributed by atoms with E-state index in [1.165, 1.54) is 37.1 Å². The molecule has 1 saturated heterocycles. The van der Waals surface area contributed by atoms with Gasteiger partial charge >= 0.3 is 0 Å². The Bertz CT molecular complexity index is 485. The summed E-state index contributed by atoms with van der Waals surface area (Å²) in [6.45, 7) is 4.84. The molecule has 2 aliphatic rings. The van der Waals surface area contributed by atoms with Gasteiger partial charge < -0.3 is 10.2 Å². The second-order valence-electron chi connectivity index (χ2n) is 7.03. The largest absolute Gasteiger partial charge is 0.312 e. The summed E-state index contributed by atoms with van der Waals surface area (Å²) in [7, 11) is 6.55. The summed E-state index contributed by atoms with van der Waals surface area (Å²) >= 11 is 0. The summed E-state index contributed by atoms with van der Waals surface area (Å²) in [5.74, 6) is 0.759. The zero-order valence-corrected chi connectivity index (χ0v) is 13.8. The molecule has 3 heteroatoms. The molecule has 21 heavy (non-hydrogen) atoms. The topological polar surface area (TPSA) is 18.5 Å². The highest BCUT2D eigenvalue weighted by atomic mass is 15.3. The Morgan fingerprint density at radius 2 is 1.95 bits per heavy atom. The Morgan fingerprint density at radius 3 is 2.62 bits per heavy atom. The number of rotatable bonds is 3. The molecule has 1 aromatic rings. The molecule has 1 aliphatic heterocycles. The van der Waals surface area contributed by atoms with Gasteiger partial charge in [-0.3, -0.25) is 4.90 Å². The molecule has 1 aromatic carbocycles. The van der Waals surface area contributed by atoms with E-state index in [0.29, 0.717) is 18.1 Å². The van der Waals surface area contributed by atoms with Crippen molar-refractivity contribution in [1.82, 2.24) is 15.1 Å². The van der Waals surface area contributed by atoms with Gasteiger partial charge in [0.05, 0.1) is 0 Å². The second-order valence-corrected chi connectivity index (χ2v) is 7.03. The van der Waals surface area contributed by atoms with E-state index in [9.17, 15) is 0 Å². The molecule has 0 aromatic heterocycles. The van der Waals surface area contributed by atoms with Crippen molar-refractivity contribution in [2.75, 3.05) is 34.2 Å². The fourth-order valence-electron chi connectivity index (χ4n) is 4.41. The number of fused-ring (bicyclic) bond motifs is 1. The molecule has 1 N–H and O–H groups in total. The highest BCUT2D eigenvalue weighted by Crippen LogP contribution is 2.35. The quantitative estimate of drug-likeness (QED) is 0.919. The highest BCUT2D eigenvalue weighted by molar-refractivity contribution is 5.34. The summed E-state index contributed by atoms with van der Waals surface area (Å²) in [5, 5.41) is 3.59. The molecule has 0 saturated carbocycles. The standard InChI is InChI=1S/C18H29N3/c1-13-11-21(12-17(13)20(3)4)16-10-9-14-7-5-6-8-15(14)18(16)19-2/h5-8,13,16-19H,9-12H2,1-4H3. The molecule has 1 heterocycles. The van der Waals surface area contributed by atoms with E-state index in [1.54, 1.807) is 0 Å². The number of hydrogen-bond donors (Lipinski definition) is 1. The maximum Gasteiger partial charge on any atom is 0.0478 e. The Balaban J connectivity index is 1.81. The Kier molecular flexibility index (Phi) is 4.34. The molecule has 4 atom stereocenters. The lowest BCUT2D eigenvalue weighted by Crippen LogP contribution is -2.46.